The fraction of sp³-hybridized carbons (Fsp3) is 0.600. The minimum absolute atomic E-state index is 0.000143. The molecule has 5 heterocycles. The molecule has 0 spiro atoms. The van der Waals surface area contributed by atoms with Crippen LogP contribution in [0.5, 0.6) is 0 Å². The molecule has 3 saturated heterocycles. The van der Waals surface area contributed by atoms with Gasteiger partial charge >= 0.3 is 13.3 Å². The number of halogens is 2. The highest BCUT2D eigenvalue weighted by Gasteiger charge is 2.56. The summed E-state index contributed by atoms with van der Waals surface area (Å²) in [6, 6.07) is 3.77. The summed E-state index contributed by atoms with van der Waals surface area (Å²) in [4.78, 5) is 73.7. The Hall–Kier alpha value is -3.15. The van der Waals surface area contributed by atoms with E-state index in [1.807, 2.05) is 24.6 Å². The van der Waals surface area contributed by atoms with Crippen LogP contribution >= 0.6 is 42.5 Å². The first-order valence-corrected chi connectivity index (χ1v) is 24.7. The number of benzene rings is 1. The molecule has 19 heteroatoms. The lowest BCUT2D eigenvalue weighted by Gasteiger charge is -2.43. The minimum atomic E-state index is -5.20. The van der Waals surface area contributed by atoms with Crippen molar-refractivity contribution < 1.29 is 46.4 Å². The van der Waals surface area contributed by atoms with Crippen LogP contribution in [0, 0.1) is 11.8 Å². The zero-order valence-electron chi connectivity index (χ0n) is 33.1. The van der Waals surface area contributed by atoms with Crippen molar-refractivity contribution in [1.29, 1.82) is 0 Å². The number of amides is 3. The van der Waals surface area contributed by atoms with Crippen LogP contribution < -0.4 is 5.32 Å². The summed E-state index contributed by atoms with van der Waals surface area (Å²) in [6.07, 6.45) is 10.8. The van der Waals surface area contributed by atoms with Crippen LogP contribution in [0.15, 0.2) is 43.0 Å². The van der Waals surface area contributed by atoms with Crippen LogP contribution in [-0.4, -0.2) is 103 Å². The van der Waals surface area contributed by atoms with E-state index < -0.39 is 50.0 Å². The summed E-state index contributed by atoms with van der Waals surface area (Å²) in [5, 5.41) is 2.97. The van der Waals surface area contributed by atoms with E-state index in [9.17, 15) is 28.5 Å². The van der Waals surface area contributed by atoms with Gasteiger partial charge in [-0.2, -0.15) is 8.78 Å². The fourth-order valence-electron chi connectivity index (χ4n) is 8.26. The number of carbonyl (C=O) groups excluding carboxylic acids is 5. The molecule has 59 heavy (non-hydrogen) atoms. The number of thioether (sulfide) groups is 2. The average Bonchev–Trinajstić information content (AvgIpc) is 3.58. The van der Waals surface area contributed by atoms with Crippen LogP contribution in [0.2, 0.25) is 0 Å². The van der Waals surface area contributed by atoms with Gasteiger partial charge in [0, 0.05) is 66.1 Å². The van der Waals surface area contributed by atoms with Gasteiger partial charge in [-0.15, -0.1) is 11.3 Å². The molecule has 4 fully saturated rings. The standard InChI is InChI=1S/C40H50F2N5O8PS3/c1-3-5-35(48)57-15-13-54-56(53,55-14-16-58-36(49)6-4-2)40(41,42)28-7-10-33-27(18-28)21-34(59-33)37(50)44-31-20-26-17-25(26)19-29-8-9-32(47(29)38(31)51)39(52)46-22-30(23-46)45-12-11-43-24-45/h7,10-12,18,21,24-26,29-32H,3-6,8-9,13-17,19-20,22-23H2,1-2H3,(H,44,50)/t25-,26+,29-,31+,32+/m1/s1. The Bertz CT molecular complexity index is 2050. The van der Waals surface area contributed by atoms with Gasteiger partial charge in [0.2, 0.25) is 11.8 Å². The number of nitrogens with one attached hydrogen (secondary N) is 1. The summed E-state index contributed by atoms with van der Waals surface area (Å²) in [5.74, 6) is -0.143. The normalized spacial score (nSPS) is 23.3. The van der Waals surface area contributed by atoms with Crippen LogP contribution in [0.3, 0.4) is 0 Å². The number of imidazole rings is 1. The number of thiophene rings is 1. The predicted octanol–water partition coefficient (Wildman–Crippen LogP) is 7.46. The molecule has 1 aliphatic carbocycles. The topological polar surface area (TPSA) is 157 Å². The first kappa shape index (κ1) is 43.9. The minimum Gasteiger partial charge on any atom is -0.340 e. The molecule has 3 amide bonds. The zero-order chi connectivity index (χ0) is 41.9. The second-order valence-electron chi connectivity index (χ2n) is 15.7. The Morgan fingerprint density at radius 1 is 0.949 bits per heavy atom. The van der Waals surface area contributed by atoms with Gasteiger partial charge in [0.25, 0.3) is 5.91 Å². The van der Waals surface area contributed by atoms with Crippen molar-refractivity contribution in [2.75, 3.05) is 37.8 Å². The molecule has 3 aliphatic heterocycles. The van der Waals surface area contributed by atoms with Gasteiger partial charge < -0.3 is 28.7 Å². The second-order valence-corrected chi connectivity index (χ2v) is 21.1. The lowest BCUT2D eigenvalue weighted by atomic mass is 9.98. The number of rotatable bonds is 18. The number of nitrogens with zero attached hydrogens (tertiary/aromatic N) is 4. The van der Waals surface area contributed by atoms with E-state index >= 15 is 8.78 Å². The van der Waals surface area contributed by atoms with Crippen LogP contribution in [0.25, 0.3) is 10.1 Å². The molecule has 1 saturated carbocycles. The van der Waals surface area contributed by atoms with Crippen molar-refractivity contribution in [3.05, 3.63) is 53.4 Å². The van der Waals surface area contributed by atoms with Gasteiger partial charge in [0.05, 0.1) is 30.5 Å². The monoisotopic (exact) mass is 893 g/mol. The average molecular weight is 894 g/mol. The molecule has 7 rings (SSSR count). The summed E-state index contributed by atoms with van der Waals surface area (Å²) in [7, 11) is -5.20. The summed E-state index contributed by atoms with van der Waals surface area (Å²) >= 11 is 2.89. The summed E-state index contributed by atoms with van der Waals surface area (Å²) in [6.45, 7) is 3.91. The highest BCUT2D eigenvalue weighted by Crippen LogP contribution is 2.67. The number of hydrogen-bond donors (Lipinski definition) is 1. The lowest BCUT2D eigenvalue weighted by Crippen LogP contribution is -2.60. The first-order valence-electron chi connectivity index (χ1n) is 20.3. The van der Waals surface area contributed by atoms with Crippen molar-refractivity contribution in [3.8, 4) is 0 Å². The van der Waals surface area contributed by atoms with Crippen LogP contribution in [0.1, 0.15) is 92.9 Å². The highest BCUT2D eigenvalue weighted by atomic mass is 32.2. The van der Waals surface area contributed by atoms with Gasteiger partial charge in [-0.1, -0.05) is 43.4 Å². The molecule has 1 aromatic carbocycles. The predicted molar refractivity (Wildman–Crippen MR) is 224 cm³/mol. The maximum absolute atomic E-state index is 16.3. The Morgan fingerprint density at radius 3 is 2.27 bits per heavy atom. The van der Waals surface area contributed by atoms with Crippen molar-refractivity contribution in [2.45, 2.75) is 101 Å². The van der Waals surface area contributed by atoms with E-state index in [0.717, 1.165) is 66.3 Å². The van der Waals surface area contributed by atoms with Gasteiger partial charge in [0.15, 0.2) is 10.2 Å². The van der Waals surface area contributed by atoms with Gasteiger partial charge in [-0.05, 0) is 80.4 Å². The maximum atomic E-state index is 16.3. The number of aromatic nitrogens is 2. The molecular formula is C40H50F2N5O8PS3. The van der Waals surface area contributed by atoms with Gasteiger partial charge in [0.1, 0.15) is 12.1 Å². The fourth-order valence-corrected chi connectivity index (χ4v) is 12.5. The van der Waals surface area contributed by atoms with E-state index in [2.05, 4.69) is 10.3 Å². The largest absolute Gasteiger partial charge is 0.404 e. The molecule has 0 radical (unpaired) electrons. The number of fused-ring (bicyclic) bond motifs is 3. The van der Waals surface area contributed by atoms with Crippen molar-refractivity contribution in [2.24, 2.45) is 11.8 Å². The Kier molecular flexibility index (Phi) is 14.0. The summed E-state index contributed by atoms with van der Waals surface area (Å²) < 4.78 is 59.7. The number of likely N-dealkylation sites (tertiary alicyclic amines) is 1. The third kappa shape index (κ3) is 9.83. The van der Waals surface area contributed by atoms with E-state index in [-0.39, 0.29) is 50.5 Å². The van der Waals surface area contributed by atoms with Gasteiger partial charge in [-0.3, -0.25) is 28.5 Å². The number of carbonyl (C=O) groups is 5. The Balaban J connectivity index is 1.04. The lowest BCUT2D eigenvalue weighted by molar-refractivity contribution is -0.150. The molecule has 4 aliphatic rings. The number of hydrogen-bond acceptors (Lipinski definition) is 12. The molecule has 5 atom stereocenters. The quantitative estimate of drug-likeness (QED) is 0.0999. The first-order chi connectivity index (χ1) is 28.3. The Labute approximate surface area is 354 Å². The van der Waals surface area contributed by atoms with E-state index in [0.29, 0.717) is 73.5 Å². The van der Waals surface area contributed by atoms with E-state index in [1.165, 1.54) is 12.1 Å². The molecule has 0 bridgehead atoms. The molecular weight excluding hydrogens is 844 g/mol. The smallest absolute Gasteiger partial charge is 0.340 e. The maximum Gasteiger partial charge on any atom is 0.404 e. The zero-order valence-corrected chi connectivity index (χ0v) is 36.4. The molecule has 2 aromatic heterocycles. The van der Waals surface area contributed by atoms with Gasteiger partial charge in [-0.25, -0.2) is 4.98 Å². The van der Waals surface area contributed by atoms with Crippen molar-refractivity contribution in [1.82, 2.24) is 24.7 Å². The number of alkyl halides is 2. The second kappa shape index (κ2) is 18.9. The van der Waals surface area contributed by atoms with Crippen LogP contribution in [-0.2, 0) is 38.5 Å². The highest BCUT2D eigenvalue weighted by molar-refractivity contribution is 8.13. The van der Waals surface area contributed by atoms with Crippen molar-refractivity contribution in [3.63, 3.8) is 0 Å². The van der Waals surface area contributed by atoms with Crippen LogP contribution in [0.4, 0.5) is 8.78 Å². The van der Waals surface area contributed by atoms with Crippen molar-refractivity contribution >= 4 is 80.5 Å². The SMILES string of the molecule is CCCC(=O)SCCOP(=O)(OCCSC(=O)CCC)C(F)(F)c1ccc2sc(C(=O)N[C@H]3C[C@@H]4C[C@@H]4C[C@H]4CC[C@@H](C(=O)N5CC(n6ccnc6)C5)N4C3=O)cc2c1. The van der Waals surface area contributed by atoms with E-state index in [4.69, 9.17) is 9.05 Å². The molecule has 320 valence electrons. The molecule has 0 unspecified atom stereocenters. The third-order valence-electron chi connectivity index (χ3n) is 11.5. The summed E-state index contributed by atoms with van der Waals surface area (Å²) in [5.41, 5.74) is -4.77. The van der Waals surface area contributed by atoms with E-state index in [1.54, 1.807) is 22.3 Å². The molecule has 3 aromatic rings. The third-order valence-corrected chi connectivity index (χ3v) is 16.4. The Morgan fingerprint density at radius 2 is 1.63 bits per heavy atom. The molecule has 13 nitrogen and oxygen atoms in total. The molecule has 1 N–H and O–H groups in total.